The molecule has 2 N–H and O–H groups in total. The molecule has 1 aromatic carbocycles. The van der Waals surface area contributed by atoms with Crippen molar-refractivity contribution in [2.45, 2.75) is 6.54 Å². The lowest BCUT2D eigenvalue weighted by Gasteiger charge is -2.36. The fraction of sp³-hybridized carbons (Fsp3) is 0.368. The molecule has 6 nitrogen and oxygen atoms in total. The van der Waals surface area contributed by atoms with E-state index < -0.39 is 11.8 Å². The van der Waals surface area contributed by atoms with Crippen molar-refractivity contribution < 1.29 is 14.0 Å². The van der Waals surface area contributed by atoms with Crippen molar-refractivity contribution in [1.82, 2.24) is 15.5 Å². The number of rotatable bonds is 6. The largest absolute Gasteiger partial charge is 0.369 e. The molecule has 2 heterocycles. The molecule has 0 unspecified atom stereocenters. The minimum absolute atomic E-state index is 0.229. The highest BCUT2D eigenvalue weighted by Crippen LogP contribution is 2.16. The molecule has 1 saturated heterocycles. The summed E-state index contributed by atoms with van der Waals surface area (Å²) >= 11 is 1.55. The van der Waals surface area contributed by atoms with E-state index in [1.54, 1.807) is 23.5 Å². The highest BCUT2D eigenvalue weighted by atomic mass is 32.1. The van der Waals surface area contributed by atoms with Crippen LogP contribution in [0, 0.1) is 5.82 Å². The number of halogens is 1. The number of carbonyl (C=O) groups excluding carboxylic acids is 2. The number of thiophene rings is 1. The fourth-order valence-corrected chi connectivity index (χ4v) is 3.61. The third kappa shape index (κ3) is 5.77. The van der Waals surface area contributed by atoms with Crippen molar-refractivity contribution >= 4 is 28.8 Å². The van der Waals surface area contributed by atoms with E-state index in [0.29, 0.717) is 19.6 Å². The summed E-state index contributed by atoms with van der Waals surface area (Å²) in [6.45, 7) is 4.90. The van der Waals surface area contributed by atoms with Crippen LogP contribution in [0.15, 0.2) is 41.1 Å². The molecule has 2 amide bonds. The lowest BCUT2D eigenvalue weighted by Crippen LogP contribution is -2.49. The Morgan fingerprint density at radius 3 is 2.37 bits per heavy atom. The average molecular weight is 390 g/mol. The Labute approximate surface area is 162 Å². The number of hydrogen-bond donors (Lipinski definition) is 2. The van der Waals surface area contributed by atoms with Crippen LogP contribution >= 0.6 is 11.3 Å². The Morgan fingerprint density at radius 1 is 1.00 bits per heavy atom. The molecule has 27 heavy (non-hydrogen) atoms. The molecule has 144 valence electrons. The molecule has 0 saturated carbocycles. The van der Waals surface area contributed by atoms with E-state index in [9.17, 15) is 14.0 Å². The zero-order valence-electron chi connectivity index (χ0n) is 15.0. The number of nitrogens with zero attached hydrogens (tertiary/aromatic N) is 2. The average Bonchev–Trinajstić information content (AvgIpc) is 3.21. The number of hydrogen-bond acceptors (Lipinski definition) is 5. The lowest BCUT2D eigenvalue weighted by atomic mass is 10.2. The first kappa shape index (κ1) is 19.3. The monoisotopic (exact) mass is 390 g/mol. The molecule has 0 bridgehead atoms. The summed E-state index contributed by atoms with van der Waals surface area (Å²) in [4.78, 5) is 28.1. The molecule has 1 aliphatic heterocycles. The van der Waals surface area contributed by atoms with Gasteiger partial charge in [0.1, 0.15) is 5.82 Å². The number of anilines is 1. The molecular formula is C19H23FN4O2S. The molecule has 1 aromatic heterocycles. The van der Waals surface area contributed by atoms with Crippen LogP contribution in [0.1, 0.15) is 5.56 Å². The van der Waals surface area contributed by atoms with Crippen LogP contribution in [-0.4, -0.2) is 56.0 Å². The van der Waals surface area contributed by atoms with Gasteiger partial charge in [0.05, 0.1) is 0 Å². The van der Waals surface area contributed by atoms with Gasteiger partial charge in [0.15, 0.2) is 0 Å². The van der Waals surface area contributed by atoms with Crippen LogP contribution in [0.25, 0.3) is 0 Å². The summed E-state index contributed by atoms with van der Waals surface area (Å²) in [6, 6.07) is 8.44. The maximum Gasteiger partial charge on any atom is 0.309 e. The summed E-state index contributed by atoms with van der Waals surface area (Å²) in [5.41, 5.74) is 2.01. The first-order chi connectivity index (χ1) is 13.1. The van der Waals surface area contributed by atoms with Gasteiger partial charge < -0.3 is 15.5 Å². The molecular weight excluding hydrogens is 367 g/mol. The maximum absolute atomic E-state index is 13.0. The van der Waals surface area contributed by atoms with Crippen LogP contribution in [0.5, 0.6) is 0 Å². The van der Waals surface area contributed by atoms with Crippen molar-refractivity contribution in [2.75, 3.05) is 44.2 Å². The van der Waals surface area contributed by atoms with Gasteiger partial charge in [0.25, 0.3) is 0 Å². The number of piperazine rings is 1. The van der Waals surface area contributed by atoms with Gasteiger partial charge in [0.2, 0.25) is 0 Å². The summed E-state index contributed by atoms with van der Waals surface area (Å²) < 4.78 is 13.0. The van der Waals surface area contributed by atoms with E-state index in [4.69, 9.17) is 0 Å². The second kappa shape index (κ2) is 9.48. The van der Waals surface area contributed by atoms with Gasteiger partial charge in [-0.3, -0.25) is 14.5 Å². The summed E-state index contributed by atoms with van der Waals surface area (Å²) in [6.07, 6.45) is 0. The number of nitrogens with one attached hydrogen (secondary N) is 2. The molecule has 3 rings (SSSR count). The topological polar surface area (TPSA) is 64.7 Å². The van der Waals surface area contributed by atoms with Crippen molar-refractivity contribution in [1.29, 1.82) is 0 Å². The van der Waals surface area contributed by atoms with E-state index in [0.717, 1.165) is 37.4 Å². The zero-order valence-corrected chi connectivity index (χ0v) is 15.8. The van der Waals surface area contributed by atoms with E-state index in [-0.39, 0.29) is 5.82 Å². The molecule has 2 aromatic rings. The number of benzene rings is 1. The summed E-state index contributed by atoms with van der Waals surface area (Å²) in [7, 11) is 0. The van der Waals surface area contributed by atoms with Crippen LogP contribution in [0.2, 0.25) is 0 Å². The highest BCUT2D eigenvalue weighted by Gasteiger charge is 2.18. The third-order valence-electron chi connectivity index (χ3n) is 4.52. The zero-order chi connectivity index (χ0) is 19.1. The molecule has 0 spiro atoms. The molecule has 0 radical (unpaired) electrons. The predicted octanol–water partition coefficient (Wildman–Crippen LogP) is 1.44. The summed E-state index contributed by atoms with van der Waals surface area (Å²) in [5.74, 6) is -1.44. The van der Waals surface area contributed by atoms with Gasteiger partial charge in [-0.2, -0.15) is 11.3 Å². The van der Waals surface area contributed by atoms with Gasteiger partial charge in [0, 0.05) is 51.5 Å². The number of amides is 2. The van der Waals surface area contributed by atoms with Crippen molar-refractivity contribution in [2.24, 2.45) is 0 Å². The van der Waals surface area contributed by atoms with Gasteiger partial charge >= 0.3 is 11.8 Å². The molecule has 8 heteroatoms. The Balaban J connectivity index is 1.32. The van der Waals surface area contributed by atoms with Crippen LogP contribution in [0.4, 0.5) is 10.1 Å². The first-order valence-corrected chi connectivity index (χ1v) is 9.86. The smallest absolute Gasteiger partial charge is 0.309 e. The fourth-order valence-electron chi connectivity index (χ4n) is 2.95. The molecule has 1 aliphatic rings. The van der Waals surface area contributed by atoms with E-state index in [1.165, 1.54) is 12.1 Å². The van der Waals surface area contributed by atoms with Crippen molar-refractivity contribution in [3.63, 3.8) is 0 Å². The maximum atomic E-state index is 13.0. The Kier molecular flexibility index (Phi) is 6.78. The van der Waals surface area contributed by atoms with Crippen LogP contribution in [0.3, 0.4) is 0 Å². The number of carbonyl (C=O) groups is 2. The van der Waals surface area contributed by atoms with Crippen LogP contribution < -0.4 is 15.5 Å². The van der Waals surface area contributed by atoms with Crippen molar-refractivity contribution in [3.8, 4) is 0 Å². The van der Waals surface area contributed by atoms with Crippen LogP contribution in [-0.2, 0) is 16.1 Å². The van der Waals surface area contributed by atoms with Crippen molar-refractivity contribution in [3.05, 3.63) is 52.5 Å². The SMILES string of the molecule is O=C(NCCN1CCN(c2ccc(F)cc2)CC1)C(=O)NCc1ccsc1. The Bertz CT molecular complexity index is 744. The van der Waals surface area contributed by atoms with Gasteiger partial charge in [-0.15, -0.1) is 0 Å². The molecule has 1 fully saturated rings. The quantitative estimate of drug-likeness (QED) is 0.733. The minimum Gasteiger partial charge on any atom is -0.369 e. The molecule has 0 atom stereocenters. The Morgan fingerprint density at radius 2 is 1.70 bits per heavy atom. The third-order valence-corrected chi connectivity index (χ3v) is 5.25. The van der Waals surface area contributed by atoms with Gasteiger partial charge in [-0.1, -0.05) is 0 Å². The first-order valence-electron chi connectivity index (χ1n) is 8.92. The van der Waals surface area contributed by atoms with Gasteiger partial charge in [-0.05, 0) is 46.7 Å². The van der Waals surface area contributed by atoms with E-state index in [1.807, 2.05) is 16.8 Å². The standard InChI is InChI=1S/C19H23FN4O2S/c20-16-1-3-17(4-2-16)24-10-8-23(9-11-24)7-6-21-18(25)19(26)22-13-15-5-12-27-14-15/h1-5,12,14H,6-11,13H2,(H,21,25)(H,22,26). The Hall–Kier alpha value is -2.45. The predicted molar refractivity (Wildman–Crippen MR) is 104 cm³/mol. The highest BCUT2D eigenvalue weighted by molar-refractivity contribution is 7.07. The summed E-state index contributed by atoms with van der Waals surface area (Å²) in [5, 5.41) is 9.14. The second-order valence-electron chi connectivity index (χ2n) is 6.38. The second-order valence-corrected chi connectivity index (χ2v) is 7.16. The van der Waals surface area contributed by atoms with E-state index >= 15 is 0 Å². The van der Waals surface area contributed by atoms with Gasteiger partial charge in [-0.25, -0.2) is 4.39 Å². The minimum atomic E-state index is -0.609. The normalized spacial score (nSPS) is 14.8. The van der Waals surface area contributed by atoms with E-state index in [2.05, 4.69) is 20.4 Å². The lowest BCUT2D eigenvalue weighted by molar-refractivity contribution is -0.139. The molecule has 0 aliphatic carbocycles.